The molecule has 0 saturated carbocycles. The Morgan fingerprint density at radius 3 is 2.46 bits per heavy atom. The molecule has 0 N–H and O–H groups in total. The lowest BCUT2D eigenvalue weighted by Gasteiger charge is -2.35. The summed E-state index contributed by atoms with van der Waals surface area (Å²) in [6.45, 7) is 0.655. The molecule has 1 aliphatic rings. The van der Waals surface area contributed by atoms with Gasteiger partial charge in [0.2, 0.25) is 15.8 Å². The summed E-state index contributed by atoms with van der Waals surface area (Å²) < 4.78 is 46.0. The third-order valence-electron chi connectivity index (χ3n) is 5.70. The topological polar surface area (TPSA) is 84.7 Å². The summed E-state index contributed by atoms with van der Waals surface area (Å²) >= 11 is 6.11. The van der Waals surface area contributed by atoms with Crippen LogP contribution in [0.4, 0.5) is 10.1 Å². The Kier molecular flexibility index (Phi) is 8.04. The van der Waals surface area contributed by atoms with Crippen molar-refractivity contribution >= 4 is 27.3 Å². The van der Waals surface area contributed by atoms with Crippen LogP contribution < -0.4 is 15.2 Å². The summed E-state index contributed by atoms with van der Waals surface area (Å²) in [4.78, 5) is 15.4. The van der Waals surface area contributed by atoms with Crippen LogP contribution >= 0.6 is 11.6 Å². The summed E-state index contributed by atoms with van der Waals surface area (Å²) in [5.74, 6) is -0.0934. The molecule has 4 rings (SSSR count). The van der Waals surface area contributed by atoms with E-state index in [2.05, 4.69) is 5.10 Å². The van der Waals surface area contributed by atoms with Gasteiger partial charge in [-0.25, -0.2) is 8.42 Å². The first-order chi connectivity index (χ1) is 16.9. The number of nitrogens with zero attached hydrogens (tertiary/aromatic N) is 4. The molecule has 3 aromatic rings. The Morgan fingerprint density at radius 2 is 1.77 bits per heavy atom. The number of hydrogen-bond donors (Lipinski definition) is 0. The molecule has 0 amide bonds. The molecule has 0 unspecified atom stereocenters. The van der Waals surface area contributed by atoms with Crippen molar-refractivity contribution in [3.8, 4) is 11.4 Å². The van der Waals surface area contributed by atoms with Gasteiger partial charge in [-0.3, -0.25) is 9.18 Å². The Morgan fingerprint density at radius 1 is 1.03 bits per heavy atom. The van der Waals surface area contributed by atoms with Crippen molar-refractivity contribution in [2.45, 2.75) is 13.0 Å². The molecular weight excluding hydrogens is 495 g/mol. The number of piperazine rings is 1. The lowest BCUT2D eigenvalue weighted by Crippen LogP contribution is -2.49. The summed E-state index contributed by atoms with van der Waals surface area (Å²) in [5, 5.41) is 4.81. The average molecular weight is 521 g/mol. The second-order valence-electron chi connectivity index (χ2n) is 8.07. The second-order valence-corrected chi connectivity index (χ2v) is 10.6. The molecule has 2 aromatic carbocycles. The van der Waals surface area contributed by atoms with Gasteiger partial charge in [-0.2, -0.15) is 14.1 Å². The molecule has 11 heteroatoms. The normalized spacial score (nSPS) is 14.7. The number of alkyl halides is 1. The minimum atomic E-state index is -3.52. The van der Waals surface area contributed by atoms with Crippen molar-refractivity contribution in [2.75, 3.05) is 43.5 Å². The van der Waals surface area contributed by atoms with E-state index in [0.717, 1.165) is 5.56 Å². The van der Waals surface area contributed by atoms with Crippen LogP contribution in [-0.2, 0) is 16.6 Å². The van der Waals surface area contributed by atoms with E-state index in [9.17, 15) is 17.6 Å². The maximum absolute atomic E-state index is 13.5. The van der Waals surface area contributed by atoms with E-state index in [4.69, 9.17) is 16.3 Å². The molecule has 1 aromatic heterocycles. The van der Waals surface area contributed by atoms with Gasteiger partial charge in [-0.05, 0) is 30.2 Å². The van der Waals surface area contributed by atoms with Gasteiger partial charge >= 0.3 is 5.56 Å². The van der Waals surface area contributed by atoms with Crippen LogP contribution in [0, 0.1) is 0 Å². The molecule has 2 heterocycles. The van der Waals surface area contributed by atoms with Crippen molar-refractivity contribution in [3.63, 3.8) is 0 Å². The maximum atomic E-state index is 13.5. The van der Waals surface area contributed by atoms with Crippen molar-refractivity contribution in [3.05, 3.63) is 81.7 Å². The first-order valence-corrected chi connectivity index (χ1v) is 13.2. The van der Waals surface area contributed by atoms with Crippen molar-refractivity contribution in [2.24, 2.45) is 0 Å². The third kappa shape index (κ3) is 6.01. The van der Waals surface area contributed by atoms with Crippen LogP contribution in [0.5, 0.6) is 5.75 Å². The molecule has 35 heavy (non-hydrogen) atoms. The highest BCUT2D eigenvalue weighted by molar-refractivity contribution is 7.89. The van der Waals surface area contributed by atoms with Crippen molar-refractivity contribution in [1.29, 1.82) is 0 Å². The zero-order valence-corrected chi connectivity index (χ0v) is 20.6. The number of ether oxygens (including phenoxy) is 1. The van der Waals surface area contributed by atoms with E-state index < -0.39 is 22.3 Å². The molecule has 1 fully saturated rings. The highest BCUT2D eigenvalue weighted by Crippen LogP contribution is 2.27. The highest BCUT2D eigenvalue weighted by atomic mass is 35.5. The van der Waals surface area contributed by atoms with Gasteiger partial charge in [0.15, 0.2) is 0 Å². The number of benzene rings is 2. The largest absolute Gasteiger partial charge is 0.481 e. The lowest BCUT2D eigenvalue weighted by atomic mass is 10.2. The van der Waals surface area contributed by atoms with E-state index in [1.54, 1.807) is 30.5 Å². The smallest absolute Gasteiger partial charge is 0.316 e. The van der Waals surface area contributed by atoms with E-state index in [1.165, 1.54) is 8.99 Å². The zero-order valence-electron chi connectivity index (χ0n) is 19.0. The van der Waals surface area contributed by atoms with Gasteiger partial charge < -0.3 is 9.64 Å². The molecule has 186 valence electrons. The number of aromatic nitrogens is 2. The van der Waals surface area contributed by atoms with Crippen LogP contribution in [0.2, 0.25) is 5.02 Å². The minimum absolute atomic E-state index is 0.0222. The number of sulfonamides is 1. The van der Waals surface area contributed by atoms with Crippen LogP contribution in [-0.4, -0.2) is 61.1 Å². The molecule has 8 nitrogen and oxygen atoms in total. The van der Waals surface area contributed by atoms with Crippen molar-refractivity contribution < 1.29 is 17.5 Å². The molecule has 0 atom stereocenters. The van der Waals surface area contributed by atoms with Crippen LogP contribution in [0.1, 0.15) is 12.0 Å². The first-order valence-electron chi connectivity index (χ1n) is 11.2. The zero-order chi connectivity index (χ0) is 24.8. The van der Waals surface area contributed by atoms with Gasteiger partial charge in [0, 0.05) is 31.2 Å². The maximum Gasteiger partial charge on any atom is 0.316 e. The molecular formula is C24H26ClFN4O4S. The highest BCUT2D eigenvalue weighted by Gasteiger charge is 2.29. The Bertz CT molecular complexity index is 1310. The monoisotopic (exact) mass is 520 g/mol. The van der Waals surface area contributed by atoms with Crippen LogP contribution in [0.15, 0.2) is 65.6 Å². The van der Waals surface area contributed by atoms with Crippen molar-refractivity contribution in [1.82, 2.24) is 14.1 Å². The van der Waals surface area contributed by atoms with Gasteiger partial charge in [-0.1, -0.05) is 48.0 Å². The summed E-state index contributed by atoms with van der Waals surface area (Å²) in [5.41, 5.74) is 1.44. The Labute approximate surface area is 208 Å². The van der Waals surface area contributed by atoms with Crippen LogP contribution in [0.3, 0.4) is 0 Å². The summed E-state index contributed by atoms with van der Waals surface area (Å²) in [6.07, 6.45) is 1.53. The minimum Gasteiger partial charge on any atom is -0.481 e. The third-order valence-corrected chi connectivity index (χ3v) is 7.89. The fourth-order valence-electron chi connectivity index (χ4n) is 3.88. The number of anilines is 1. The standard InChI is InChI=1S/C24H26ClFN4O4S/c25-20-8-4-9-21(16-20)30-24(31)23(34-18-19-6-2-1-3-7-19)22(17-27-30)28-11-13-29(14-12-28)35(32,33)15-5-10-26/h1-4,6-9,16-17H,5,10-15,18H2. The first kappa shape index (κ1) is 25.2. The lowest BCUT2D eigenvalue weighted by molar-refractivity contribution is 0.297. The molecule has 1 aliphatic heterocycles. The average Bonchev–Trinajstić information content (AvgIpc) is 2.87. The number of hydrogen-bond acceptors (Lipinski definition) is 6. The van der Waals surface area contributed by atoms with E-state index in [0.29, 0.717) is 29.5 Å². The van der Waals surface area contributed by atoms with Crippen LogP contribution in [0.25, 0.3) is 5.69 Å². The molecule has 0 radical (unpaired) electrons. The molecule has 0 bridgehead atoms. The Hall–Kier alpha value is -2.95. The SMILES string of the molecule is O=c1c(OCc2ccccc2)c(N2CCN(S(=O)(=O)CCCF)CC2)cnn1-c1cccc(Cl)c1. The Balaban J connectivity index is 1.62. The second kappa shape index (κ2) is 11.2. The van der Waals surface area contributed by atoms with Gasteiger partial charge in [0.25, 0.3) is 0 Å². The van der Waals surface area contributed by atoms with Gasteiger partial charge in [0.05, 0.1) is 24.3 Å². The summed E-state index contributed by atoms with van der Waals surface area (Å²) in [7, 11) is -3.52. The fraction of sp³-hybridized carbons (Fsp3) is 0.333. The predicted octanol–water partition coefficient (Wildman–Crippen LogP) is 3.28. The molecule has 0 spiro atoms. The van der Waals surface area contributed by atoms with E-state index >= 15 is 0 Å². The molecule has 0 aliphatic carbocycles. The van der Waals surface area contributed by atoms with Gasteiger partial charge in [0.1, 0.15) is 12.3 Å². The predicted molar refractivity (Wildman–Crippen MR) is 134 cm³/mol. The quantitative estimate of drug-likeness (QED) is 0.430. The van der Waals surface area contributed by atoms with E-state index in [-0.39, 0.29) is 37.6 Å². The fourth-order valence-corrected chi connectivity index (χ4v) is 5.52. The van der Waals surface area contributed by atoms with Gasteiger partial charge in [-0.15, -0.1) is 0 Å². The number of halogens is 2. The summed E-state index contributed by atoms with van der Waals surface area (Å²) in [6, 6.07) is 16.3. The molecule has 1 saturated heterocycles. The van der Waals surface area contributed by atoms with E-state index in [1.807, 2.05) is 35.2 Å². The number of rotatable bonds is 9.